The molecule has 0 radical (unpaired) electrons. The normalized spacial score (nSPS) is 12.2. The van der Waals surface area contributed by atoms with Crippen molar-refractivity contribution in [1.82, 2.24) is 9.78 Å². The van der Waals surface area contributed by atoms with Crippen molar-refractivity contribution in [2.75, 3.05) is 5.32 Å². The number of halogens is 1. The van der Waals surface area contributed by atoms with E-state index in [2.05, 4.69) is 26.3 Å². The minimum Gasteiger partial charge on any atom is -0.324 e. The smallest absolute Gasteiger partial charge is 0.246 e. The molecule has 2 aromatic rings. The molecule has 1 unspecified atom stereocenters. The van der Waals surface area contributed by atoms with E-state index in [1.165, 1.54) is 0 Å². The van der Waals surface area contributed by atoms with Crippen molar-refractivity contribution in [3.63, 3.8) is 0 Å². The highest BCUT2D eigenvalue weighted by Crippen LogP contribution is 2.25. The van der Waals surface area contributed by atoms with Gasteiger partial charge in [-0.1, -0.05) is 15.9 Å². The molecule has 0 bridgehead atoms. The predicted octanol–water partition coefficient (Wildman–Crippen LogP) is 2.44. The van der Waals surface area contributed by atoms with E-state index in [-0.39, 0.29) is 5.91 Å². The summed E-state index contributed by atoms with van der Waals surface area (Å²) < 4.78 is 2.67. The van der Waals surface area contributed by atoms with Crippen LogP contribution in [0.5, 0.6) is 0 Å². The third-order valence-corrected chi connectivity index (χ3v) is 4.32. The molecule has 106 valence electrons. The van der Waals surface area contributed by atoms with Gasteiger partial charge in [-0.05, 0) is 37.1 Å². The molecule has 0 spiro atoms. The zero-order valence-corrected chi connectivity index (χ0v) is 13.2. The van der Waals surface area contributed by atoms with Crippen LogP contribution in [0, 0.1) is 13.8 Å². The summed E-state index contributed by atoms with van der Waals surface area (Å²) in [6, 6.07) is 3.09. The van der Waals surface area contributed by atoms with Crippen molar-refractivity contribution < 1.29 is 4.79 Å². The van der Waals surface area contributed by atoms with Crippen LogP contribution >= 0.6 is 15.9 Å². The lowest BCUT2D eigenvalue weighted by Gasteiger charge is -2.13. The molecule has 0 aliphatic heterocycles. The number of nitrogens with zero attached hydrogens (tertiary/aromatic N) is 2. The number of aryl methyl sites for hydroxylation is 3. The van der Waals surface area contributed by atoms with Crippen LogP contribution in [0.15, 0.2) is 29.0 Å². The van der Waals surface area contributed by atoms with Gasteiger partial charge in [0.25, 0.3) is 0 Å². The Morgan fingerprint density at radius 3 is 2.50 bits per heavy atom. The number of aromatic nitrogens is 2. The third kappa shape index (κ3) is 3.08. The molecule has 1 atom stereocenters. The second kappa shape index (κ2) is 5.76. The van der Waals surface area contributed by atoms with Crippen molar-refractivity contribution >= 4 is 27.5 Å². The first-order chi connectivity index (χ1) is 9.38. The maximum absolute atomic E-state index is 12.1. The summed E-state index contributed by atoms with van der Waals surface area (Å²) in [6.07, 6.45) is 3.34. The molecule has 3 N–H and O–H groups in total. The molecule has 0 fully saturated rings. The second-order valence-corrected chi connectivity index (χ2v) is 5.63. The Morgan fingerprint density at radius 2 is 2.00 bits per heavy atom. The number of carbonyl (C=O) groups is 1. The van der Waals surface area contributed by atoms with Gasteiger partial charge in [0, 0.05) is 29.0 Å². The van der Waals surface area contributed by atoms with Crippen molar-refractivity contribution in [2.45, 2.75) is 19.9 Å². The number of anilines is 1. The Bertz CT molecular complexity index is 627. The molecule has 1 aromatic heterocycles. The number of amides is 1. The van der Waals surface area contributed by atoms with E-state index in [9.17, 15) is 4.79 Å². The lowest BCUT2D eigenvalue weighted by atomic mass is 10.1. The van der Waals surface area contributed by atoms with E-state index in [0.29, 0.717) is 5.56 Å². The SMILES string of the molecule is Cc1cc(NC(=O)C(N)c2cnn(C)c2)cc(C)c1Br. The highest BCUT2D eigenvalue weighted by Gasteiger charge is 2.17. The van der Waals surface area contributed by atoms with E-state index in [1.54, 1.807) is 24.1 Å². The maximum atomic E-state index is 12.1. The summed E-state index contributed by atoms with van der Waals surface area (Å²) in [5, 5.41) is 6.85. The Balaban J connectivity index is 2.15. The highest BCUT2D eigenvalue weighted by molar-refractivity contribution is 9.10. The summed E-state index contributed by atoms with van der Waals surface area (Å²) in [6.45, 7) is 3.96. The quantitative estimate of drug-likeness (QED) is 0.904. The second-order valence-electron chi connectivity index (χ2n) is 4.84. The fraction of sp³-hybridized carbons (Fsp3) is 0.286. The van der Waals surface area contributed by atoms with Gasteiger partial charge in [0.15, 0.2) is 0 Å². The van der Waals surface area contributed by atoms with E-state index in [0.717, 1.165) is 21.3 Å². The first kappa shape index (κ1) is 14.7. The van der Waals surface area contributed by atoms with Gasteiger partial charge < -0.3 is 11.1 Å². The third-order valence-electron chi connectivity index (χ3n) is 3.07. The summed E-state index contributed by atoms with van der Waals surface area (Å²) in [5.41, 5.74) is 9.49. The summed E-state index contributed by atoms with van der Waals surface area (Å²) in [7, 11) is 1.79. The molecule has 0 aliphatic carbocycles. The Morgan fingerprint density at radius 1 is 1.40 bits per heavy atom. The van der Waals surface area contributed by atoms with E-state index < -0.39 is 6.04 Å². The standard InChI is InChI=1S/C14H17BrN4O/c1-8-4-11(5-9(2)12(8)15)18-14(20)13(16)10-6-17-19(3)7-10/h4-7,13H,16H2,1-3H3,(H,18,20). The average molecular weight is 337 g/mol. The van der Waals surface area contributed by atoms with Crippen LogP contribution in [0.1, 0.15) is 22.7 Å². The number of rotatable bonds is 3. The van der Waals surface area contributed by atoms with Crippen LogP contribution < -0.4 is 11.1 Å². The van der Waals surface area contributed by atoms with E-state index in [4.69, 9.17) is 5.73 Å². The molecule has 0 saturated heterocycles. The van der Waals surface area contributed by atoms with Crippen LogP contribution in [-0.2, 0) is 11.8 Å². The zero-order chi connectivity index (χ0) is 14.9. The van der Waals surface area contributed by atoms with Crippen LogP contribution in [0.4, 0.5) is 5.69 Å². The van der Waals surface area contributed by atoms with Crippen molar-refractivity contribution in [3.8, 4) is 0 Å². The number of carbonyl (C=O) groups excluding carboxylic acids is 1. The number of hydrogen-bond acceptors (Lipinski definition) is 3. The van der Waals surface area contributed by atoms with Crippen LogP contribution in [-0.4, -0.2) is 15.7 Å². The number of nitrogens with one attached hydrogen (secondary N) is 1. The molecule has 6 heteroatoms. The van der Waals surface area contributed by atoms with Gasteiger partial charge in [0.05, 0.1) is 6.20 Å². The molecule has 2 rings (SSSR count). The molecule has 0 saturated carbocycles. The van der Waals surface area contributed by atoms with E-state index >= 15 is 0 Å². The largest absolute Gasteiger partial charge is 0.324 e. The lowest BCUT2D eigenvalue weighted by Crippen LogP contribution is -2.27. The van der Waals surface area contributed by atoms with Gasteiger partial charge in [-0.2, -0.15) is 5.10 Å². The lowest BCUT2D eigenvalue weighted by molar-refractivity contribution is -0.117. The first-order valence-corrected chi connectivity index (χ1v) is 6.99. The van der Waals surface area contributed by atoms with Gasteiger partial charge in [0.1, 0.15) is 6.04 Å². The first-order valence-electron chi connectivity index (χ1n) is 6.20. The Hall–Kier alpha value is -1.66. The van der Waals surface area contributed by atoms with Crippen molar-refractivity contribution in [1.29, 1.82) is 0 Å². The number of hydrogen-bond donors (Lipinski definition) is 2. The minimum absolute atomic E-state index is 0.251. The molecular weight excluding hydrogens is 320 g/mol. The molecule has 0 aliphatic rings. The van der Waals surface area contributed by atoms with Gasteiger partial charge in [-0.15, -0.1) is 0 Å². The van der Waals surface area contributed by atoms with Gasteiger partial charge in [-0.3, -0.25) is 9.48 Å². The fourth-order valence-electron chi connectivity index (χ4n) is 1.99. The van der Waals surface area contributed by atoms with E-state index in [1.807, 2.05) is 26.0 Å². The monoisotopic (exact) mass is 336 g/mol. The fourth-order valence-corrected chi connectivity index (χ4v) is 2.22. The molecule has 1 aromatic carbocycles. The van der Waals surface area contributed by atoms with Crippen LogP contribution in [0.25, 0.3) is 0 Å². The number of nitrogens with two attached hydrogens (primary N) is 1. The van der Waals surface area contributed by atoms with Crippen molar-refractivity contribution in [3.05, 3.63) is 45.7 Å². The molecular formula is C14H17BrN4O. The summed E-state index contributed by atoms with van der Waals surface area (Å²) in [4.78, 5) is 12.1. The highest BCUT2D eigenvalue weighted by atomic mass is 79.9. The van der Waals surface area contributed by atoms with Gasteiger partial charge in [0.2, 0.25) is 5.91 Å². The maximum Gasteiger partial charge on any atom is 0.246 e. The number of benzene rings is 1. The summed E-state index contributed by atoms with van der Waals surface area (Å²) in [5.74, 6) is -0.251. The molecule has 1 amide bonds. The Labute approximate surface area is 126 Å². The molecule has 1 heterocycles. The molecule has 20 heavy (non-hydrogen) atoms. The van der Waals surface area contributed by atoms with Crippen LogP contribution in [0.2, 0.25) is 0 Å². The molecule has 5 nitrogen and oxygen atoms in total. The van der Waals surface area contributed by atoms with Crippen LogP contribution in [0.3, 0.4) is 0 Å². The topological polar surface area (TPSA) is 72.9 Å². The Kier molecular flexibility index (Phi) is 4.25. The summed E-state index contributed by atoms with van der Waals surface area (Å²) >= 11 is 3.50. The van der Waals surface area contributed by atoms with Crippen molar-refractivity contribution in [2.24, 2.45) is 12.8 Å². The average Bonchev–Trinajstić information content (AvgIpc) is 2.81. The zero-order valence-electron chi connectivity index (χ0n) is 11.6. The predicted molar refractivity (Wildman–Crippen MR) is 82.4 cm³/mol. The van der Waals surface area contributed by atoms with Gasteiger partial charge in [-0.25, -0.2) is 0 Å². The minimum atomic E-state index is -0.729. The van der Waals surface area contributed by atoms with Gasteiger partial charge >= 0.3 is 0 Å².